The van der Waals surface area contributed by atoms with E-state index in [1.54, 1.807) is 11.3 Å². The normalized spacial score (nSPS) is 16.3. The second kappa shape index (κ2) is 7.60. The number of nitrogens with zero attached hydrogens (tertiary/aromatic N) is 1. The first-order valence-electron chi connectivity index (χ1n) is 7.79. The summed E-state index contributed by atoms with van der Waals surface area (Å²) < 4.78 is 0. The van der Waals surface area contributed by atoms with Crippen LogP contribution in [0.25, 0.3) is 0 Å². The number of carbonyl (C=O) groups excluding carboxylic acids is 1. The van der Waals surface area contributed by atoms with Gasteiger partial charge in [0.05, 0.1) is 11.3 Å². The Balaban J connectivity index is 1.66. The first-order valence-corrected chi connectivity index (χ1v) is 9.97. The van der Waals surface area contributed by atoms with E-state index in [1.165, 1.54) is 16.6 Å². The first kappa shape index (κ1) is 17.3. The summed E-state index contributed by atoms with van der Waals surface area (Å²) in [6.45, 7) is 2.23. The van der Waals surface area contributed by atoms with Crippen LogP contribution in [-0.2, 0) is 17.6 Å². The Bertz CT molecular complexity index is 793. The van der Waals surface area contributed by atoms with E-state index in [0.717, 1.165) is 29.7 Å². The standard InChI is InChI=1S/C18H17ClN2OS2/c1-11-2-7-14-15(9-20)18(24-16(14)8-11)21-17(22)10-23-13-5-3-12(19)4-6-13/h3-6,11H,2,7-8,10H2,1H3,(H,21,22)/t11-/m0/s1. The number of amides is 1. The molecule has 0 spiro atoms. The second-order valence-electron chi connectivity index (χ2n) is 5.96. The number of nitriles is 1. The van der Waals surface area contributed by atoms with Gasteiger partial charge >= 0.3 is 0 Å². The Morgan fingerprint density at radius 3 is 2.92 bits per heavy atom. The monoisotopic (exact) mass is 376 g/mol. The fraction of sp³-hybridized carbons (Fsp3) is 0.333. The molecule has 0 fully saturated rings. The van der Waals surface area contributed by atoms with Gasteiger partial charge in [-0.3, -0.25) is 4.79 Å². The average molecular weight is 377 g/mol. The average Bonchev–Trinajstić information content (AvgIpc) is 2.90. The topological polar surface area (TPSA) is 52.9 Å². The molecule has 24 heavy (non-hydrogen) atoms. The van der Waals surface area contributed by atoms with E-state index in [1.807, 2.05) is 24.3 Å². The minimum atomic E-state index is -0.0851. The number of thioether (sulfide) groups is 1. The Hall–Kier alpha value is -1.48. The number of thiophene rings is 1. The lowest BCUT2D eigenvalue weighted by molar-refractivity contribution is -0.113. The Morgan fingerprint density at radius 1 is 1.46 bits per heavy atom. The van der Waals surface area contributed by atoms with Crippen molar-refractivity contribution in [1.29, 1.82) is 5.26 Å². The van der Waals surface area contributed by atoms with E-state index in [0.29, 0.717) is 27.3 Å². The molecule has 0 bridgehead atoms. The van der Waals surface area contributed by atoms with E-state index in [9.17, 15) is 10.1 Å². The zero-order chi connectivity index (χ0) is 17.1. The van der Waals surface area contributed by atoms with Gasteiger partial charge in [0.1, 0.15) is 11.1 Å². The predicted octanol–water partition coefficient (Wildman–Crippen LogP) is 5.13. The molecule has 124 valence electrons. The van der Waals surface area contributed by atoms with Gasteiger partial charge in [0.2, 0.25) is 5.91 Å². The highest BCUT2D eigenvalue weighted by molar-refractivity contribution is 8.00. The highest BCUT2D eigenvalue weighted by Crippen LogP contribution is 2.39. The van der Waals surface area contributed by atoms with Crippen molar-refractivity contribution < 1.29 is 4.79 Å². The third-order valence-electron chi connectivity index (χ3n) is 4.06. The molecule has 1 atom stereocenters. The maximum absolute atomic E-state index is 12.2. The number of fused-ring (bicyclic) bond motifs is 1. The van der Waals surface area contributed by atoms with Gasteiger partial charge in [-0.15, -0.1) is 23.1 Å². The molecule has 1 aliphatic carbocycles. The molecule has 0 unspecified atom stereocenters. The SMILES string of the molecule is C[C@H]1CCc2c(sc(NC(=O)CSc3ccc(Cl)cc3)c2C#N)C1. The van der Waals surface area contributed by atoms with Gasteiger partial charge < -0.3 is 5.32 Å². The van der Waals surface area contributed by atoms with Gasteiger partial charge in [-0.1, -0.05) is 18.5 Å². The third-order valence-corrected chi connectivity index (χ3v) is 6.49. The van der Waals surface area contributed by atoms with Crippen LogP contribution in [0.3, 0.4) is 0 Å². The Morgan fingerprint density at radius 2 is 2.21 bits per heavy atom. The van der Waals surface area contributed by atoms with Crippen molar-refractivity contribution in [2.45, 2.75) is 31.1 Å². The lowest BCUT2D eigenvalue weighted by Crippen LogP contribution is -2.14. The summed E-state index contributed by atoms with van der Waals surface area (Å²) in [6.07, 6.45) is 3.05. The van der Waals surface area contributed by atoms with Gasteiger partial charge in [-0.2, -0.15) is 5.26 Å². The van der Waals surface area contributed by atoms with E-state index < -0.39 is 0 Å². The Labute approximate surface area is 155 Å². The maximum Gasteiger partial charge on any atom is 0.235 e. The van der Waals surface area contributed by atoms with Crippen LogP contribution in [0.5, 0.6) is 0 Å². The van der Waals surface area contributed by atoms with E-state index in [2.05, 4.69) is 18.3 Å². The largest absolute Gasteiger partial charge is 0.316 e. The number of rotatable bonds is 4. The molecular formula is C18H17ClN2OS2. The fourth-order valence-corrected chi connectivity index (χ4v) is 5.00. The lowest BCUT2D eigenvalue weighted by atomic mass is 9.89. The van der Waals surface area contributed by atoms with Crippen molar-refractivity contribution in [2.24, 2.45) is 5.92 Å². The summed E-state index contributed by atoms with van der Waals surface area (Å²) in [5.74, 6) is 0.871. The van der Waals surface area contributed by atoms with Gasteiger partial charge in [-0.25, -0.2) is 0 Å². The Kier molecular flexibility index (Phi) is 5.50. The third kappa shape index (κ3) is 3.94. The van der Waals surface area contributed by atoms with E-state index in [4.69, 9.17) is 11.6 Å². The van der Waals surface area contributed by atoms with Crippen molar-refractivity contribution in [3.05, 3.63) is 45.3 Å². The van der Waals surface area contributed by atoms with Crippen LogP contribution in [0.15, 0.2) is 29.2 Å². The number of anilines is 1. The van der Waals surface area contributed by atoms with Crippen LogP contribution in [0.4, 0.5) is 5.00 Å². The van der Waals surface area contributed by atoms with Crippen molar-refractivity contribution >= 4 is 45.6 Å². The summed E-state index contributed by atoms with van der Waals surface area (Å²) in [7, 11) is 0. The first-order chi connectivity index (χ1) is 11.6. The number of carbonyl (C=O) groups is 1. The molecule has 1 aliphatic rings. The quantitative estimate of drug-likeness (QED) is 0.752. The smallest absolute Gasteiger partial charge is 0.235 e. The van der Waals surface area contributed by atoms with Crippen LogP contribution in [-0.4, -0.2) is 11.7 Å². The second-order valence-corrected chi connectivity index (χ2v) is 8.55. The van der Waals surface area contributed by atoms with Gasteiger partial charge in [0.25, 0.3) is 0 Å². The number of nitrogens with one attached hydrogen (secondary N) is 1. The highest BCUT2D eigenvalue weighted by Gasteiger charge is 2.24. The van der Waals surface area contributed by atoms with Crippen molar-refractivity contribution in [3.8, 4) is 6.07 Å². The zero-order valence-electron chi connectivity index (χ0n) is 13.3. The molecule has 2 aromatic rings. The van der Waals surface area contributed by atoms with Gasteiger partial charge in [-0.05, 0) is 55.0 Å². The molecule has 0 radical (unpaired) electrons. The zero-order valence-corrected chi connectivity index (χ0v) is 15.7. The van der Waals surface area contributed by atoms with Gasteiger partial charge in [0, 0.05) is 14.8 Å². The molecule has 1 heterocycles. The number of benzene rings is 1. The predicted molar refractivity (Wildman–Crippen MR) is 101 cm³/mol. The number of hydrogen-bond donors (Lipinski definition) is 1. The molecule has 0 saturated carbocycles. The van der Waals surface area contributed by atoms with E-state index in [-0.39, 0.29) is 5.91 Å². The lowest BCUT2D eigenvalue weighted by Gasteiger charge is -2.17. The van der Waals surface area contributed by atoms with Crippen molar-refractivity contribution in [1.82, 2.24) is 0 Å². The maximum atomic E-state index is 12.2. The molecular weight excluding hydrogens is 360 g/mol. The summed E-state index contributed by atoms with van der Waals surface area (Å²) in [5.41, 5.74) is 1.80. The summed E-state index contributed by atoms with van der Waals surface area (Å²) in [4.78, 5) is 14.5. The van der Waals surface area contributed by atoms with Crippen LogP contribution in [0, 0.1) is 17.2 Å². The fourth-order valence-electron chi connectivity index (χ4n) is 2.80. The molecule has 3 nitrogen and oxygen atoms in total. The molecule has 1 amide bonds. The number of halogens is 1. The highest BCUT2D eigenvalue weighted by atomic mass is 35.5. The van der Waals surface area contributed by atoms with Gasteiger partial charge in [0.15, 0.2) is 0 Å². The van der Waals surface area contributed by atoms with Crippen LogP contribution >= 0.6 is 34.7 Å². The molecule has 1 aromatic carbocycles. The number of hydrogen-bond acceptors (Lipinski definition) is 4. The molecule has 3 rings (SSSR count). The van der Waals surface area contributed by atoms with Crippen molar-refractivity contribution in [3.63, 3.8) is 0 Å². The minimum Gasteiger partial charge on any atom is -0.316 e. The van der Waals surface area contributed by atoms with Crippen molar-refractivity contribution in [2.75, 3.05) is 11.1 Å². The molecule has 0 aliphatic heterocycles. The summed E-state index contributed by atoms with van der Waals surface area (Å²) >= 11 is 8.87. The molecule has 0 saturated heterocycles. The summed E-state index contributed by atoms with van der Waals surface area (Å²) in [5, 5.41) is 13.8. The van der Waals surface area contributed by atoms with Crippen LogP contribution < -0.4 is 5.32 Å². The van der Waals surface area contributed by atoms with Crippen LogP contribution in [0.1, 0.15) is 29.3 Å². The minimum absolute atomic E-state index is 0.0851. The van der Waals surface area contributed by atoms with Crippen LogP contribution in [0.2, 0.25) is 5.02 Å². The molecule has 6 heteroatoms. The summed E-state index contributed by atoms with van der Waals surface area (Å²) in [6, 6.07) is 9.69. The molecule has 1 aromatic heterocycles. The van der Waals surface area contributed by atoms with E-state index >= 15 is 0 Å². The molecule has 1 N–H and O–H groups in total.